The average Bonchev–Trinajstić information content (AvgIpc) is 2.92. The van der Waals surface area contributed by atoms with E-state index in [4.69, 9.17) is 4.42 Å². The van der Waals surface area contributed by atoms with Gasteiger partial charge >= 0.3 is 0 Å². The van der Waals surface area contributed by atoms with Crippen LogP contribution in [-0.2, 0) is 16.6 Å². The van der Waals surface area contributed by atoms with Gasteiger partial charge in [0, 0.05) is 18.7 Å². The van der Waals surface area contributed by atoms with Crippen LogP contribution in [0.2, 0.25) is 0 Å². The first kappa shape index (κ1) is 20.1. The van der Waals surface area contributed by atoms with Crippen molar-refractivity contribution in [3.8, 4) is 0 Å². The summed E-state index contributed by atoms with van der Waals surface area (Å²) in [5.74, 6) is 0.739. The van der Waals surface area contributed by atoms with E-state index in [1.807, 2.05) is 6.92 Å². The highest BCUT2D eigenvalue weighted by Crippen LogP contribution is 2.21. The minimum atomic E-state index is -3.63. The molecule has 0 aliphatic heterocycles. The molecule has 1 N–H and O–H groups in total. The molecule has 0 fully saturated rings. The number of aromatic nitrogens is 1. The summed E-state index contributed by atoms with van der Waals surface area (Å²) in [5.41, 5.74) is 1.66. The molecule has 0 aliphatic rings. The summed E-state index contributed by atoms with van der Waals surface area (Å²) in [6.45, 7) is 9.80. The predicted octanol–water partition coefficient (Wildman–Crippen LogP) is 2.56. The van der Waals surface area contributed by atoms with E-state index in [0.29, 0.717) is 30.3 Å². The molecule has 1 heterocycles. The number of rotatable bonds is 7. The molecule has 0 spiro atoms. The lowest BCUT2D eigenvalue weighted by molar-refractivity contribution is 0.0947. The molecule has 2 rings (SSSR count). The third-order valence-corrected chi connectivity index (χ3v) is 6.44. The van der Waals surface area contributed by atoms with Gasteiger partial charge in [0.2, 0.25) is 15.9 Å². The Labute approximate surface area is 154 Å². The lowest BCUT2D eigenvalue weighted by Gasteiger charge is -2.20. The number of carbonyl (C=O) groups is 1. The van der Waals surface area contributed by atoms with Crippen molar-refractivity contribution in [3.05, 3.63) is 46.7 Å². The van der Waals surface area contributed by atoms with E-state index in [1.54, 1.807) is 39.8 Å². The Hall–Kier alpha value is -2.19. The molecule has 1 aromatic heterocycles. The molecular weight excluding hydrogens is 354 g/mol. The fourth-order valence-corrected chi connectivity index (χ4v) is 4.30. The van der Waals surface area contributed by atoms with Gasteiger partial charge in [0.25, 0.3) is 5.91 Å². The molecule has 8 heteroatoms. The standard InChI is InChI=1S/C18H25N3O4S/c1-6-21(7-2)26(23,24)16-10-15(9-8-12(16)3)18(22)19-11-17-20-13(4)14(5)25-17/h8-10H,6-7,11H2,1-5H3,(H,19,22). The summed E-state index contributed by atoms with van der Waals surface area (Å²) in [5, 5.41) is 2.71. The number of oxazole rings is 1. The number of nitrogens with zero attached hydrogens (tertiary/aromatic N) is 2. The van der Waals surface area contributed by atoms with Crippen molar-refractivity contribution in [3.63, 3.8) is 0 Å². The molecule has 0 saturated carbocycles. The molecule has 7 nitrogen and oxygen atoms in total. The van der Waals surface area contributed by atoms with E-state index < -0.39 is 10.0 Å². The van der Waals surface area contributed by atoms with Crippen LogP contribution in [0.25, 0.3) is 0 Å². The summed E-state index contributed by atoms with van der Waals surface area (Å²) >= 11 is 0. The van der Waals surface area contributed by atoms with E-state index in [-0.39, 0.29) is 22.9 Å². The maximum absolute atomic E-state index is 12.8. The average molecular weight is 379 g/mol. The van der Waals surface area contributed by atoms with Crippen molar-refractivity contribution in [2.75, 3.05) is 13.1 Å². The van der Waals surface area contributed by atoms with Gasteiger partial charge in [0.1, 0.15) is 5.76 Å². The zero-order chi connectivity index (χ0) is 19.5. The highest BCUT2D eigenvalue weighted by atomic mass is 32.2. The van der Waals surface area contributed by atoms with Crippen molar-refractivity contribution in [1.29, 1.82) is 0 Å². The Morgan fingerprint density at radius 2 is 1.85 bits per heavy atom. The summed E-state index contributed by atoms with van der Waals surface area (Å²) in [4.78, 5) is 16.8. The number of carbonyl (C=O) groups excluding carboxylic acids is 1. The molecule has 0 radical (unpaired) electrons. The maximum atomic E-state index is 12.8. The second-order valence-corrected chi connectivity index (χ2v) is 7.91. The van der Waals surface area contributed by atoms with E-state index in [2.05, 4.69) is 10.3 Å². The smallest absolute Gasteiger partial charge is 0.251 e. The quantitative estimate of drug-likeness (QED) is 0.798. The Morgan fingerprint density at radius 1 is 1.19 bits per heavy atom. The Morgan fingerprint density at radius 3 is 2.38 bits per heavy atom. The number of nitrogens with one attached hydrogen (secondary N) is 1. The fraction of sp³-hybridized carbons (Fsp3) is 0.444. The van der Waals surface area contributed by atoms with Gasteiger partial charge < -0.3 is 9.73 Å². The first-order chi connectivity index (χ1) is 12.2. The number of amides is 1. The molecule has 0 atom stereocenters. The number of sulfonamides is 1. The van der Waals surface area contributed by atoms with E-state index in [1.165, 1.54) is 10.4 Å². The monoisotopic (exact) mass is 379 g/mol. The Balaban J connectivity index is 2.24. The van der Waals surface area contributed by atoms with Crippen LogP contribution in [0.15, 0.2) is 27.5 Å². The van der Waals surface area contributed by atoms with Gasteiger partial charge in [0.05, 0.1) is 17.1 Å². The Bertz CT molecular complexity index is 880. The zero-order valence-electron chi connectivity index (χ0n) is 15.8. The van der Waals surface area contributed by atoms with Gasteiger partial charge in [-0.15, -0.1) is 0 Å². The molecule has 142 valence electrons. The first-order valence-electron chi connectivity index (χ1n) is 8.52. The number of benzene rings is 1. The van der Waals surface area contributed by atoms with Gasteiger partial charge in [-0.2, -0.15) is 4.31 Å². The van der Waals surface area contributed by atoms with Gasteiger partial charge in [-0.3, -0.25) is 4.79 Å². The molecule has 2 aromatic rings. The number of aryl methyl sites for hydroxylation is 3. The van der Waals surface area contributed by atoms with Crippen LogP contribution in [0, 0.1) is 20.8 Å². The van der Waals surface area contributed by atoms with Crippen molar-refractivity contribution >= 4 is 15.9 Å². The van der Waals surface area contributed by atoms with Crippen molar-refractivity contribution in [2.45, 2.75) is 46.1 Å². The van der Waals surface area contributed by atoms with Crippen LogP contribution in [0.1, 0.15) is 47.1 Å². The summed E-state index contributed by atoms with van der Waals surface area (Å²) in [6.07, 6.45) is 0. The van der Waals surface area contributed by atoms with Crippen LogP contribution in [0.4, 0.5) is 0 Å². The SMILES string of the molecule is CCN(CC)S(=O)(=O)c1cc(C(=O)NCc2nc(C)c(C)o2)ccc1C. The predicted molar refractivity (Wildman–Crippen MR) is 98.4 cm³/mol. The van der Waals surface area contributed by atoms with Crippen molar-refractivity contribution in [1.82, 2.24) is 14.6 Å². The highest BCUT2D eigenvalue weighted by molar-refractivity contribution is 7.89. The Kier molecular flexibility index (Phi) is 6.20. The minimum Gasteiger partial charge on any atom is -0.444 e. The van der Waals surface area contributed by atoms with Crippen LogP contribution in [0.5, 0.6) is 0 Å². The largest absolute Gasteiger partial charge is 0.444 e. The lowest BCUT2D eigenvalue weighted by atomic mass is 10.1. The molecule has 0 saturated heterocycles. The second-order valence-electron chi connectivity index (χ2n) is 6.00. The topological polar surface area (TPSA) is 92.5 Å². The van der Waals surface area contributed by atoms with E-state index >= 15 is 0 Å². The summed E-state index contributed by atoms with van der Waals surface area (Å²) < 4.78 is 32.4. The van der Waals surface area contributed by atoms with Gasteiger partial charge in [-0.05, 0) is 38.5 Å². The molecular formula is C18H25N3O4S. The minimum absolute atomic E-state index is 0.138. The number of hydrogen-bond donors (Lipinski definition) is 1. The van der Waals surface area contributed by atoms with Crippen molar-refractivity contribution < 1.29 is 17.6 Å². The molecule has 0 bridgehead atoms. The first-order valence-corrected chi connectivity index (χ1v) is 9.96. The number of hydrogen-bond acceptors (Lipinski definition) is 5. The molecule has 1 amide bonds. The summed E-state index contributed by atoms with van der Waals surface area (Å²) in [6, 6.07) is 4.67. The highest BCUT2D eigenvalue weighted by Gasteiger charge is 2.24. The van der Waals surface area contributed by atoms with Crippen LogP contribution in [0.3, 0.4) is 0 Å². The van der Waals surface area contributed by atoms with Crippen molar-refractivity contribution in [2.24, 2.45) is 0 Å². The summed E-state index contributed by atoms with van der Waals surface area (Å²) in [7, 11) is -3.63. The van der Waals surface area contributed by atoms with Crippen LogP contribution < -0.4 is 5.32 Å². The van der Waals surface area contributed by atoms with E-state index in [9.17, 15) is 13.2 Å². The lowest BCUT2D eigenvalue weighted by Crippen LogP contribution is -2.31. The van der Waals surface area contributed by atoms with E-state index in [0.717, 1.165) is 5.69 Å². The fourth-order valence-electron chi connectivity index (χ4n) is 2.59. The molecule has 1 aromatic carbocycles. The van der Waals surface area contributed by atoms with Crippen LogP contribution in [-0.4, -0.2) is 36.7 Å². The zero-order valence-corrected chi connectivity index (χ0v) is 16.6. The maximum Gasteiger partial charge on any atom is 0.251 e. The molecule has 0 aliphatic carbocycles. The van der Waals surface area contributed by atoms with Gasteiger partial charge in [-0.25, -0.2) is 13.4 Å². The third-order valence-electron chi connectivity index (χ3n) is 4.25. The second kappa shape index (κ2) is 8.01. The third kappa shape index (κ3) is 4.13. The molecule has 26 heavy (non-hydrogen) atoms. The normalized spacial score (nSPS) is 11.8. The molecule has 0 unspecified atom stereocenters. The van der Waals surface area contributed by atoms with Gasteiger partial charge in [0.15, 0.2) is 0 Å². The van der Waals surface area contributed by atoms with Crippen LogP contribution >= 0.6 is 0 Å². The van der Waals surface area contributed by atoms with Gasteiger partial charge in [-0.1, -0.05) is 19.9 Å².